The Bertz CT molecular complexity index is 212. The van der Waals surface area contributed by atoms with Gasteiger partial charge in [-0.05, 0) is 26.8 Å². The predicted molar refractivity (Wildman–Crippen MR) is 66.4 cm³/mol. The van der Waals surface area contributed by atoms with E-state index < -0.39 is 0 Å². The van der Waals surface area contributed by atoms with E-state index in [2.05, 4.69) is 17.1 Å². The molecule has 0 radical (unpaired) electrons. The number of hydrogen-bond acceptors (Lipinski definition) is 3. The topological polar surface area (TPSA) is 35.6 Å². The summed E-state index contributed by atoms with van der Waals surface area (Å²) >= 11 is 0. The molecule has 0 aromatic carbocycles. The van der Waals surface area contributed by atoms with Crippen molar-refractivity contribution in [1.82, 2.24) is 15.1 Å². The summed E-state index contributed by atoms with van der Waals surface area (Å²) in [6, 6.07) is 0.569. The second-order valence-corrected chi connectivity index (χ2v) is 4.35. The molecule has 0 aromatic rings. The summed E-state index contributed by atoms with van der Waals surface area (Å²) in [5.74, 6) is 0.269. The molecule has 4 heteroatoms. The fourth-order valence-electron chi connectivity index (χ4n) is 2.06. The van der Waals surface area contributed by atoms with Crippen LogP contribution in [0.5, 0.6) is 0 Å². The quantitative estimate of drug-likeness (QED) is 0.689. The summed E-state index contributed by atoms with van der Waals surface area (Å²) in [6.07, 6.45) is 1.11. The van der Waals surface area contributed by atoms with Gasteiger partial charge in [0.05, 0.1) is 6.54 Å². The Morgan fingerprint density at radius 2 is 1.88 bits per heavy atom. The van der Waals surface area contributed by atoms with Gasteiger partial charge in [0.25, 0.3) is 0 Å². The van der Waals surface area contributed by atoms with Crippen LogP contribution in [-0.2, 0) is 4.79 Å². The Hall–Kier alpha value is -0.610. The number of hydrogen-bond donors (Lipinski definition) is 1. The highest BCUT2D eigenvalue weighted by Gasteiger charge is 2.26. The summed E-state index contributed by atoms with van der Waals surface area (Å²) in [4.78, 5) is 16.2. The number of nitrogens with one attached hydrogen (secondary N) is 1. The van der Waals surface area contributed by atoms with Gasteiger partial charge >= 0.3 is 0 Å². The highest BCUT2D eigenvalue weighted by Crippen LogP contribution is 2.06. The average Bonchev–Trinajstić information content (AvgIpc) is 2.17. The Morgan fingerprint density at radius 1 is 1.25 bits per heavy atom. The molecule has 1 fully saturated rings. The van der Waals surface area contributed by atoms with Crippen LogP contribution in [0.25, 0.3) is 0 Å². The number of likely N-dealkylation sites (N-methyl/N-ethyl adjacent to an activating group) is 1. The maximum Gasteiger partial charge on any atom is 0.236 e. The van der Waals surface area contributed by atoms with E-state index in [0.29, 0.717) is 12.6 Å². The first kappa shape index (κ1) is 13.5. The maximum absolute atomic E-state index is 12.0. The van der Waals surface area contributed by atoms with Crippen LogP contribution in [-0.4, -0.2) is 61.0 Å². The summed E-state index contributed by atoms with van der Waals surface area (Å²) in [5, 5.41) is 3.26. The third-order valence-corrected chi connectivity index (χ3v) is 3.24. The van der Waals surface area contributed by atoms with Gasteiger partial charge in [0.15, 0.2) is 0 Å². The molecule has 4 nitrogen and oxygen atoms in total. The van der Waals surface area contributed by atoms with Gasteiger partial charge in [-0.15, -0.1) is 0 Å². The first-order valence-electron chi connectivity index (χ1n) is 6.45. The van der Waals surface area contributed by atoms with E-state index in [1.54, 1.807) is 0 Å². The molecule has 1 rings (SSSR count). The first-order valence-corrected chi connectivity index (χ1v) is 6.45. The lowest BCUT2D eigenvalue weighted by molar-refractivity contribution is -0.132. The van der Waals surface area contributed by atoms with E-state index >= 15 is 0 Å². The molecule has 1 amide bonds. The van der Waals surface area contributed by atoms with Crippen molar-refractivity contribution in [2.75, 3.05) is 39.3 Å². The number of rotatable bonds is 7. The minimum absolute atomic E-state index is 0.269. The molecule has 1 N–H and O–H groups in total. The SMILES string of the molecule is CCCN(CC(=O)N(CC)CC)C1CNC1. The second kappa shape index (κ2) is 6.86. The van der Waals surface area contributed by atoms with E-state index in [4.69, 9.17) is 0 Å². The van der Waals surface area contributed by atoms with Gasteiger partial charge in [-0.2, -0.15) is 0 Å². The van der Waals surface area contributed by atoms with Gasteiger partial charge in [-0.25, -0.2) is 0 Å². The average molecular weight is 227 g/mol. The van der Waals surface area contributed by atoms with Gasteiger partial charge < -0.3 is 10.2 Å². The largest absolute Gasteiger partial charge is 0.342 e. The summed E-state index contributed by atoms with van der Waals surface area (Å²) in [6.45, 7) is 11.6. The third-order valence-electron chi connectivity index (χ3n) is 3.24. The van der Waals surface area contributed by atoms with Gasteiger partial charge in [-0.3, -0.25) is 9.69 Å². The molecule has 0 bridgehead atoms. The first-order chi connectivity index (χ1) is 7.72. The van der Waals surface area contributed by atoms with Crippen LogP contribution < -0.4 is 5.32 Å². The van der Waals surface area contributed by atoms with Crippen LogP contribution >= 0.6 is 0 Å². The zero-order valence-electron chi connectivity index (χ0n) is 10.8. The third kappa shape index (κ3) is 3.46. The summed E-state index contributed by atoms with van der Waals surface area (Å²) in [5.41, 5.74) is 0. The van der Waals surface area contributed by atoms with Crippen LogP contribution in [0.2, 0.25) is 0 Å². The Balaban J connectivity index is 2.43. The Morgan fingerprint density at radius 3 is 2.25 bits per heavy atom. The van der Waals surface area contributed by atoms with Crippen molar-refractivity contribution in [3.05, 3.63) is 0 Å². The molecule has 1 aliphatic heterocycles. The zero-order chi connectivity index (χ0) is 12.0. The monoisotopic (exact) mass is 227 g/mol. The van der Waals surface area contributed by atoms with Crippen molar-refractivity contribution < 1.29 is 4.79 Å². The Labute approximate surface area is 99.0 Å². The van der Waals surface area contributed by atoms with Crippen molar-refractivity contribution in [3.8, 4) is 0 Å². The highest BCUT2D eigenvalue weighted by atomic mass is 16.2. The molecule has 0 saturated carbocycles. The van der Waals surface area contributed by atoms with Crippen LogP contribution in [0, 0.1) is 0 Å². The normalized spacial score (nSPS) is 16.2. The second-order valence-electron chi connectivity index (χ2n) is 4.35. The van der Waals surface area contributed by atoms with Crippen molar-refractivity contribution in [1.29, 1.82) is 0 Å². The summed E-state index contributed by atoms with van der Waals surface area (Å²) < 4.78 is 0. The molecular weight excluding hydrogens is 202 g/mol. The van der Waals surface area contributed by atoms with Crippen LogP contribution in [0.15, 0.2) is 0 Å². The molecule has 1 heterocycles. The fraction of sp³-hybridized carbons (Fsp3) is 0.917. The molecule has 0 aromatic heterocycles. The van der Waals surface area contributed by atoms with Gasteiger partial charge in [-0.1, -0.05) is 6.92 Å². The van der Waals surface area contributed by atoms with Crippen molar-refractivity contribution in [2.24, 2.45) is 0 Å². The van der Waals surface area contributed by atoms with Gasteiger partial charge in [0.1, 0.15) is 0 Å². The van der Waals surface area contributed by atoms with E-state index in [1.165, 1.54) is 0 Å². The molecule has 0 aliphatic carbocycles. The van der Waals surface area contributed by atoms with Crippen LogP contribution in [0.4, 0.5) is 0 Å². The van der Waals surface area contributed by atoms with E-state index in [9.17, 15) is 4.79 Å². The van der Waals surface area contributed by atoms with Gasteiger partial charge in [0, 0.05) is 32.2 Å². The van der Waals surface area contributed by atoms with Crippen molar-refractivity contribution >= 4 is 5.91 Å². The fourth-order valence-corrected chi connectivity index (χ4v) is 2.06. The van der Waals surface area contributed by atoms with E-state index in [1.807, 2.05) is 18.7 Å². The van der Waals surface area contributed by atoms with Crippen LogP contribution in [0.1, 0.15) is 27.2 Å². The molecule has 1 aliphatic rings. The number of carbonyl (C=O) groups is 1. The number of carbonyl (C=O) groups excluding carboxylic acids is 1. The lowest BCUT2D eigenvalue weighted by Crippen LogP contribution is -2.59. The van der Waals surface area contributed by atoms with E-state index in [0.717, 1.165) is 39.1 Å². The molecule has 0 unspecified atom stereocenters. The lowest BCUT2D eigenvalue weighted by atomic mass is 10.1. The number of nitrogens with zero attached hydrogens (tertiary/aromatic N) is 2. The molecule has 16 heavy (non-hydrogen) atoms. The standard InChI is InChI=1S/C12H25N3O/c1-4-7-15(11-8-13-9-11)10-12(16)14(5-2)6-3/h11,13H,4-10H2,1-3H3. The molecule has 94 valence electrons. The highest BCUT2D eigenvalue weighted by molar-refractivity contribution is 5.78. The van der Waals surface area contributed by atoms with Crippen LogP contribution in [0.3, 0.4) is 0 Å². The maximum atomic E-state index is 12.0. The van der Waals surface area contributed by atoms with Gasteiger partial charge in [0.2, 0.25) is 5.91 Å². The summed E-state index contributed by atoms with van der Waals surface area (Å²) in [7, 11) is 0. The zero-order valence-corrected chi connectivity index (χ0v) is 10.8. The smallest absolute Gasteiger partial charge is 0.236 e. The van der Waals surface area contributed by atoms with Crippen molar-refractivity contribution in [3.63, 3.8) is 0 Å². The number of amides is 1. The molecule has 0 spiro atoms. The lowest BCUT2D eigenvalue weighted by Gasteiger charge is -2.38. The minimum Gasteiger partial charge on any atom is -0.342 e. The molecular formula is C12H25N3O. The van der Waals surface area contributed by atoms with E-state index in [-0.39, 0.29) is 5.91 Å². The Kier molecular flexibility index (Phi) is 5.77. The predicted octanol–water partition coefficient (Wildman–Crippen LogP) is 0.539. The minimum atomic E-state index is 0.269. The van der Waals surface area contributed by atoms with Crippen molar-refractivity contribution in [2.45, 2.75) is 33.2 Å². The molecule has 0 atom stereocenters. The molecule has 1 saturated heterocycles.